The van der Waals surface area contributed by atoms with Crippen LogP contribution in [0.2, 0.25) is 0 Å². The molecule has 0 aromatic heterocycles. The molecule has 0 aliphatic carbocycles. The van der Waals surface area contributed by atoms with Crippen molar-refractivity contribution < 1.29 is 4.79 Å². The normalized spacial score (nSPS) is 10.3. The summed E-state index contributed by atoms with van der Waals surface area (Å²) in [5.74, 6) is 0.0953. The van der Waals surface area contributed by atoms with Crippen molar-refractivity contribution in [2.45, 2.75) is 13.3 Å². The average molecular weight is 304 g/mol. The Bertz CT molecular complexity index is 593. The first-order valence-corrected chi connectivity index (χ1v) is 6.50. The van der Waals surface area contributed by atoms with E-state index in [0.29, 0.717) is 17.7 Å². The molecule has 2 N–H and O–H groups in total. The molecular weight excluding hydrogens is 290 g/mol. The summed E-state index contributed by atoms with van der Waals surface area (Å²) in [6, 6.07) is 13.2. The van der Waals surface area contributed by atoms with Gasteiger partial charge in [-0.2, -0.15) is 0 Å². The maximum atomic E-state index is 12.2. The fourth-order valence-corrected chi connectivity index (χ4v) is 2.33. The van der Waals surface area contributed by atoms with E-state index in [9.17, 15) is 4.79 Å². The van der Waals surface area contributed by atoms with Gasteiger partial charge in [0.1, 0.15) is 0 Å². The second kappa shape index (κ2) is 5.36. The molecule has 0 fully saturated rings. The molecule has 2 aromatic rings. The predicted octanol–water partition coefficient (Wildman–Crippen LogP) is 3.77. The number of hydrogen-bond donors (Lipinski definition) is 1. The molecule has 18 heavy (non-hydrogen) atoms. The third-order valence-electron chi connectivity index (χ3n) is 2.93. The molecule has 0 spiro atoms. The zero-order valence-corrected chi connectivity index (χ0v) is 11.7. The molecule has 2 rings (SSSR count). The maximum Gasteiger partial charge on any atom is 0.167 e. The monoisotopic (exact) mass is 303 g/mol. The zero-order valence-electron chi connectivity index (χ0n) is 10.1. The SMILES string of the molecule is Cc1c(N)cccc1C(=O)Cc1cccc(Br)c1. The quantitative estimate of drug-likeness (QED) is 0.693. The molecule has 3 heteroatoms. The van der Waals surface area contributed by atoms with E-state index >= 15 is 0 Å². The Kier molecular flexibility index (Phi) is 3.82. The summed E-state index contributed by atoms with van der Waals surface area (Å²) in [5.41, 5.74) is 9.04. The fourth-order valence-electron chi connectivity index (χ4n) is 1.88. The Morgan fingerprint density at radius 1 is 1.22 bits per heavy atom. The molecule has 0 aliphatic rings. The van der Waals surface area contributed by atoms with Crippen LogP contribution < -0.4 is 5.73 Å². The van der Waals surface area contributed by atoms with E-state index in [4.69, 9.17) is 5.73 Å². The molecule has 0 saturated carbocycles. The Labute approximate surface area is 115 Å². The van der Waals surface area contributed by atoms with E-state index in [0.717, 1.165) is 15.6 Å². The minimum Gasteiger partial charge on any atom is -0.398 e. The van der Waals surface area contributed by atoms with Crippen LogP contribution >= 0.6 is 15.9 Å². The van der Waals surface area contributed by atoms with Gasteiger partial charge in [-0.25, -0.2) is 0 Å². The number of rotatable bonds is 3. The van der Waals surface area contributed by atoms with Crippen molar-refractivity contribution in [2.24, 2.45) is 0 Å². The number of hydrogen-bond acceptors (Lipinski definition) is 2. The third kappa shape index (κ3) is 2.79. The van der Waals surface area contributed by atoms with Gasteiger partial charge in [-0.1, -0.05) is 40.2 Å². The van der Waals surface area contributed by atoms with Gasteiger partial charge in [0.2, 0.25) is 0 Å². The van der Waals surface area contributed by atoms with Crippen molar-refractivity contribution in [2.75, 3.05) is 5.73 Å². The van der Waals surface area contributed by atoms with Crippen molar-refractivity contribution >= 4 is 27.4 Å². The van der Waals surface area contributed by atoms with Crippen LogP contribution in [0.3, 0.4) is 0 Å². The first-order chi connectivity index (χ1) is 8.58. The molecular formula is C15H14BrNO. The Balaban J connectivity index is 2.25. The average Bonchev–Trinajstić information content (AvgIpc) is 2.32. The largest absolute Gasteiger partial charge is 0.398 e. The molecule has 0 unspecified atom stereocenters. The van der Waals surface area contributed by atoms with Gasteiger partial charge in [-0.15, -0.1) is 0 Å². The molecule has 0 amide bonds. The van der Waals surface area contributed by atoms with Crippen LogP contribution in [0.15, 0.2) is 46.9 Å². The van der Waals surface area contributed by atoms with Crippen LogP contribution in [0, 0.1) is 6.92 Å². The van der Waals surface area contributed by atoms with Gasteiger partial charge in [0.15, 0.2) is 5.78 Å². The number of ketones is 1. The van der Waals surface area contributed by atoms with Crippen LogP contribution in [0.5, 0.6) is 0 Å². The smallest absolute Gasteiger partial charge is 0.167 e. The number of benzene rings is 2. The molecule has 0 saturated heterocycles. The van der Waals surface area contributed by atoms with E-state index in [1.807, 2.05) is 49.4 Å². The second-order valence-electron chi connectivity index (χ2n) is 4.25. The number of anilines is 1. The minimum atomic E-state index is 0.0953. The maximum absolute atomic E-state index is 12.2. The Hall–Kier alpha value is -1.61. The van der Waals surface area contributed by atoms with Crippen molar-refractivity contribution in [3.8, 4) is 0 Å². The summed E-state index contributed by atoms with van der Waals surface area (Å²) >= 11 is 3.40. The highest BCUT2D eigenvalue weighted by molar-refractivity contribution is 9.10. The second-order valence-corrected chi connectivity index (χ2v) is 5.17. The predicted molar refractivity (Wildman–Crippen MR) is 77.8 cm³/mol. The van der Waals surface area contributed by atoms with Crippen molar-refractivity contribution in [3.63, 3.8) is 0 Å². The molecule has 2 nitrogen and oxygen atoms in total. The number of Topliss-reactive ketones (excluding diaryl/α,β-unsaturated/α-hetero) is 1. The molecule has 0 radical (unpaired) electrons. The van der Waals surface area contributed by atoms with E-state index in [1.54, 1.807) is 0 Å². The lowest BCUT2D eigenvalue weighted by atomic mass is 9.98. The number of carbonyl (C=O) groups excluding carboxylic acids is 1. The van der Waals surface area contributed by atoms with E-state index < -0.39 is 0 Å². The van der Waals surface area contributed by atoms with Crippen molar-refractivity contribution in [1.29, 1.82) is 0 Å². The van der Waals surface area contributed by atoms with E-state index in [1.165, 1.54) is 0 Å². The lowest BCUT2D eigenvalue weighted by Gasteiger charge is -2.07. The van der Waals surface area contributed by atoms with Gasteiger partial charge in [-0.05, 0) is 36.2 Å². The van der Waals surface area contributed by atoms with Crippen molar-refractivity contribution in [3.05, 3.63) is 63.6 Å². The molecule has 0 bridgehead atoms. The van der Waals surface area contributed by atoms with Crippen LogP contribution in [0.4, 0.5) is 5.69 Å². The summed E-state index contributed by atoms with van der Waals surface area (Å²) < 4.78 is 0.983. The minimum absolute atomic E-state index is 0.0953. The zero-order chi connectivity index (χ0) is 13.1. The molecule has 0 atom stereocenters. The fraction of sp³-hybridized carbons (Fsp3) is 0.133. The Morgan fingerprint density at radius 2 is 1.94 bits per heavy atom. The van der Waals surface area contributed by atoms with Gasteiger partial charge >= 0.3 is 0 Å². The third-order valence-corrected chi connectivity index (χ3v) is 3.42. The molecule has 0 heterocycles. The highest BCUT2D eigenvalue weighted by Gasteiger charge is 2.11. The van der Waals surface area contributed by atoms with Gasteiger partial charge in [-0.3, -0.25) is 4.79 Å². The number of halogens is 1. The number of carbonyl (C=O) groups is 1. The van der Waals surface area contributed by atoms with E-state index in [2.05, 4.69) is 15.9 Å². The molecule has 92 valence electrons. The van der Waals surface area contributed by atoms with Crippen LogP contribution in [-0.4, -0.2) is 5.78 Å². The van der Waals surface area contributed by atoms with Crippen LogP contribution in [0.1, 0.15) is 21.5 Å². The highest BCUT2D eigenvalue weighted by atomic mass is 79.9. The van der Waals surface area contributed by atoms with Gasteiger partial charge in [0.05, 0.1) is 0 Å². The molecule has 0 aliphatic heterocycles. The lowest BCUT2D eigenvalue weighted by Crippen LogP contribution is -2.07. The topological polar surface area (TPSA) is 43.1 Å². The summed E-state index contributed by atoms with van der Waals surface area (Å²) in [5, 5.41) is 0. The summed E-state index contributed by atoms with van der Waals surface area (Å²) in [6.45, 7) is 1.88. The molecule has 2 aromatic carbocycles. The summed E-state index contributed by atoms with van der Waals surface area (Å²) in [4.78, 5) is 12.2. The summed E-state index contributed by atoms with van der Waals surface area (Å²) in [6.07, 6.45) is 0.393. The Morgan fingerprint density at radius 3 is 2.67 bits per heavy atom. The summed E-state index contributed by atoms with van der Waals surface area (Å²) in [7, 11) is 0. The number of nitrogen functional groups attached to an aromatic ring is 1. The van der Waals surface area contributed by atoms with Crippen molar-refractivity contribution in [1.82, 2.24) is 0 Å². The first-order valence-electron chi connectivity index (χ1n) is 5.70. The van der Waals surface area contributed by atoms with Gasteiger partial charge in [0, 0.05) is 22.1 Å². The standard InChI is InChI=1S/C15H14BrNO/c1-10-13(6-3-7-14(10)17)15(18)9-11-4-2-5-12(16)8-11/h2-8H,9,17H2,1H3. The first kappa shape index (κ1) is 12.8. The highest BCUT2D eigenvalue weighted by Crippen LogP contribution is 2.19. The number of nitrogens with two attached hydrogens (primary N) is 1. The van der Waals surface area contributed by atoms with Crippen LogP contribution in [0.25, 0.3) is 0 Å². The lowest BCUT2D eigenvalue weighted by molar-refractivity contribution is 0.0992. The van der Waals surface area contributed by atoms with Crippen LogP contribution in [-0.2, 0) is 6.42 Å². The van der Waals surface area contributed by atoms with Gasteiger partial charge < -0.3 is 5.73 Å². The van der Waals surface area contributed by atoms with Gasteiger partial charge in [0.25, 0.3) is 0 Å². The van der Waals surface area contributed by atoms with E-state index in [-0.39, 0.29) is 5.78 Å².